The van der Waals surface area contributed by atoms with Crippen LogP contribution in [0.1, 0.15) is 27.7 Å². The van der Waals surface area contributed by atoms with Crippen LogP contribution in [-0.2, 0) is 0 Å². The molecule has 0 aliphatic rings. The lowest BCUT2D eigenvalue weighted by atomic mass is 10.0. The molecule has 0 fully saturated rings. The number of pyridine rings is 2. The third-order valence-electron chi connectivity index (χ3n) is 3.75. The summed E-state index contributed by atoms with van der Waals surface area (Å²) in [7, 11) is 0. The van der Waals surface area contributed by atoms with E-state index >= 15 is 0 Å². The van der Waals surface area contributed by atoms with Gasteiger partial charge in [0.1, 0.15) is 5.75 Å². The van der Waals surface area contributed by atoms with Crippen LogP contribution in [0, 0.1) is 0 Å². The fourth-order valence-corrected chi connectivity index (χ4v) is 2.50. The number of amides is 1. The number of alkyl halides is 3. The summed E-state index contributed by atoms with van der Waals surface area (Å²) in [5.41, 5.74) is 0.867. The van der Waals surface area contributed by atoms with Crippen LogP contribution in [-0.4, -0.2) is 22.2 Å². The second-order valence-corrected chi connectivity index (χ2v) is 5.72. The van der Waals surface area contributed by atoms with Gasteiger partial charge in [0.15, 0.2) is 0 Å². The molecule has 2 heterocycles. The molecule has 28 heavy (non-hydrogen) atoms. The van der Waals surface area contributed by atoms with Gasteiger partial charge in [0.25, 0.3) is 5.91 Å². The van der Waals surface area contributed by atoms with Crippen LogP contribution < -0.4 is 15.6 Å². The van der Waals surface area contributed by atoms with Crippen molar-refractivity contribution in [2.45, 2.75) is 12.4 Å². The van der Waals surface area contributed by atoms with Gasteiger partial charge in [-0.1, -0.05) is 18.2 Å². The van der Waals surface area contributed by atoms with Crippen LogP contribution >= 0.6 is 0 Å². The first-order valence-corrected chi connectivity index (χ1v) is 8.08. The highest BCUT2D eigenvalue weighted by Crippen LogP contribution is 2.26. The number of benzene rings is 1. The molecule has 0 aliphatic carbocycles. The number of H-pyrrole nitrogens is 1. The first-order chi connectivity index (χ1) is 13.3. The monoisotopic (exact) mass is 389 g/mol. The van der Waals surface area contributed by atoms with E-state index in [-0.39, 0.29) is 16.9 Å². The second kappa shape index (κ2) is 7.95. The van der Waals surface area contributed by atoms with E-state index in [0.717, 1.165) is 12.1 Å². The molecule has 2 aromatic heterocycles. The highest BCUT2D eigenvalue weighted by atomic mass is 19.4. The number of ether oxygens (including phenoxy) is 1. The molecule has 3 aromatic rings. The zero-order valence-corrected chi connectivity index (χ0v) is 14.2. The summed E-state index contributed by atoms with van der Waals surface area (Å²) in [5.74, 6) is -0.856. The molecule has 0 saturated heterocycles. The Hall–Kier alpha value is -3.62. The zero-order chi connectivity index (χ0) is 20.1. The maximum Gasteiger partial charge on any atom is 0.573 e. The summed E-state index contributed by atoms with van der Waals surface area (Å²) >= 11 is 0. The molecule has 144 valence electrons. The van der Waals surface area contributed by atoms with Crippen LogP contribution in [0.4, 0.5) is 13.2 Å². The van der Waals surface area contributed by atoms with E-state index in [4.69, 9.17) is 0 Å². The van der Waals surface area contributed by atoms with Crippen molar-refractivity contribution in [1.82, 2.24) is 15.3 Å². The smallest absolute Gasteiger partial charge is 0.406 e. The Morgan fingerprint density at radius 2 is 1.82 bits per heavy atom. The maximum absolute atomic E-state index is 12.5. The van der Waals surface area contributed by atoms with E-state index in [0.29, 0.717) is 11.3 Å². The largest absolute Gasteiger partial charge is 0.573 e. The lowest BCUT2D eigenvalue weighted by molar-refractivity contribution is -0.274. The van der Waals surface area contributed by atoms with Gasteiger partial charge in [-0.3, -0.25) is 14.6 Å². The normalized spacial score (nSPS) is 12.2. The van der Waals surface area contributed by atoms with Crippen molar-refractivity contribution in [3.63, 3.8) is 0 Å². The predicted octanol–water partition coefficient (Wildman–Crippen LogP) is 3.19. The summed E-state index contributed by atoms with van der Waals surface area (Å²) in [6.07, 6.45) is -1.98. The Bertz CT molecular complexity index is 982. The fourth-order valence-electron chi connectivity index (χ4n) is 2.50. The average molecular weight is 389 g/mol. The molecule has 3 rings (SSSR count). The topological polar surface area (TPSA) is 84.1 Å². The molecule has 0 aliphatic heterocycles. The molecular weight excluding hydrogens is 375 g/mol. The van der Waals surface area contributed by atoms with E-state index in [9.17, 15) is 22.8 Å². The average Bonchev–Trinajstić information content (AvgIpc) is 2.67. The summed E-state index contributed by atoms with van der Waals surface area (Å²) in [4.78, 5) is 30.3. The van der Waals surface area contributed by atoms with E-state index in [1.54, 1.807) is 18.2 Å². The quantitative estimate of drug-likeness (QED) is 0.702. The molecule has 1 aromatic carbocycles. The number of rotatable bonds is 5. The van der Waals surface area contributed by atoms with Crippen molar-refractivity contribution >= 4 is 5.91 Å². The number of carbonyl (C=O) groups is 1. The van der Waals surface area contributed by atoms with Gasteiger partial charge in [-0.2, -0.15) is 0 Å². The number of hydrogen-bond acceptors (Lipinski definition) is 4. The lowest BCUT2D eigenvalue weighted by Crippen LogP contribution is -2.30. The minimum Gasteiger partial charge on any atom is -0.406 e. The molecular formula is C19H14F3N3O3. The van der Waals surface area contributed by atoms with Gasteiger partial charge in [0, 0.05) is 18.5 Å². The predicted molar refractivity (Wildman–Crippen MR) is 93.7 cm³/mol. The summed E-state index contributed by atoms with van der Waals surface area (Å²) in [6.45, 7) is 0. The Morgan fingerprint density at radius 3 is 2.39 bits per heavy atom. The molecule has 0 radical (unpaired) electrons. The van der Waals surface area contributed by atoms with Crippen molar-refractivity contribution in [3.05, 3.63) is 94.2 Å². The van der Waals surface area contributed by atoms with Crippen molar-refractivity contribution in [2.24, 2.45) is 0 Å². The van der Waals surface area contributed by atoms with Crippen molar-refractivity contribution in [3.8, 4) is 5.75 Å². The highest BCUT2D eigenvalue weighted by Gasteiger charge is 2.31. The zero-order valence-electron chi connectivity index (χ0n) is 14.2. The van der Waals surface area contributed by atoms with Gasteiger partial charge < -0.3 is 15.0 Å². The number of aromatic amines is 1. The summed E-state index contributed by atoms with van der Waals surface area (Å²) in [5, 5.41) is 2.77. The van der Waals surface area contributed by atoms with Crippen LogP contribution in [0.25, 0.3) is 0 Å². The number of nitrogens with zero attached hydrogens (tertiary/aromatic N) is 1. The molecule has 0 spiro atoms. The van der Waals surface area contributed by atoms with Gasteiger partial charge in [-0.05, 0) is 35.9 Å². The maximum atomic E-state index is 12.5. The minimum absolute atomic E-state index is 0.220. The second-order valence-electron chi connectivity index (χ2n) is 5.72. The fraction of sp³-hybridized carbons (Fsp3) is 0.105. The first kappa shape index (κ1) is 19.2. The van der Waals surface area contributed by atoms with Gasteiger partial charge in [-0.25, -0.2) is 0 Å². The van der Waals surface area contributed by atoms with Crippen LogP contribution in [0.2, 0.25) is 0 Å². The van der Waals surface area contributed by atoms with Crippen molar-refractivity contribution in [2.75, 3.05) is 0 Å². The summed E-state index contributed by atoms with van der Waals surface area (Å²) in [6, 6.07) is 12.1. The molecule has 1 atom stereocenters. The molecule has 6 nitrogen and oxygen atoms in total. The number of halogens is 3. The van der Waals surface area contributed by atoms with E-state index in [1.165, 1.54) is 36.7 Å². The third-order valence-corrected chi connectivity index (χ3v) is 3.75. The molecule has 0 bridgehead atoms. The number of carbonyl (C=O) groups excluding carboxylic acids is 1. The standard InChI is InChI=1S/C19H14F3N3O3/c20-19(21,22)28-14-7-4-12(5-8-14)17(15-3-1-2-10-23-15)25-18(27)13-6-9-16(26)24-11-13/h1-11,17H,(H,24,26)(H,25,27)/t17-/m0/s1. The van der Waals surface area contributed by atoms with Crippen LogP contribution in [0.15, 0.2) is 71.8 Å². The van der Waals surface area contributed by atoms with E-state index < -0.39 is 18.3 Å². The van der Waals surface area contributed by atoms with E-state index in [1.807, 2.05) is 0 Å². The van der Waals surface area contributed by atoms with Crippen molar-refractivity contribution in [1.29, 1.82) is 0 Å². The van der Waals surface area contributed by atoms with Gasteiger partial charge in [0.05, 0.1) is 17.3 Å². The number of nitrogens with one attached hydrogen (secondary N) is 2. The Labute approximate surface area is 157 Å². The first-order valence-electron chi connectivity index (χ1n) is 8.08. The van der Waals surface area contributed by atoms with Crippen LogP contribution in [0.5, 0.6) is 5.75 Å². The summed E-state index contributed by atoms with van der Waals surface area (Å²) < 4.78 is 40.9. The molecule has 1 amide bonds. The Kier molecular flexibility index (Phi) is 5.44. The van der Waals surface area contributed by atoms with Gasteiger partial charge in [-0.15, -0.1) is 13.2 Å². The number of aromatic nitrogens is 2. The number of hydrogen-bond donors (Lipinski definition) is 2. The molecule has 0 unspecified atom stereocenters. The van der Waals surface area contributed by atoms with Crippen molar-refractivity contribution < 1.29 is 22.7 Å². The van der Waals surface area contributed by atoms with Gasteiger partial charge >= 0.3 is 6.36 Å². The lowest BCUT2D eigenvalue weighted by Gasteiger charge is -2.19. The third kappa shape index (κ3) is 4.97. The SMILES string of the molecule is O=C(N[C@@H](c1ccc(OC(F)(F)F)cc1)c1ccccn1)c1ccc(=O)[nH]c1. The minimum atomic E-state index is -4.79. The molecule has 0 saturated carbocycles. The Balaban J connectivity index is 1.88. The highest BCUT2D eigenvalue weighted by molar-refractivity contribution is 5.94. The van der Waals surface area contributed by atoms with E-state index in [2.05, 4.69) is 20.0 Å². The molecule has 2 N–H and O–H groups in total. The van der Waals surface area contributed by atoms with Crippen LogP contribution in [0.3, 0.4) is 0 Å². The molecule has 9 heteroatoms. The Morgan fingerprint density at radius 1 is 1.07 bits per heavy atom. The van der Waals surface area contributed by atoms with Gasteiger partial charge in [0.2, 0.25) is 5.56 Å².